The van der Waals surface area contributed by atoms with Crippen molar-refractivity contribution in [3.05, 3.63) is 52.9 Å². The van der Waals surface area contributed by atoms with Gasteiger partial charge in [0.05, 0.1) is 0 Å². The number of benzene rings is 1. The fraction of sp³-hybridized carbons (Fsp3) is 0.364. The number of hydrogen-bond acceptors (Lipinski definition) is 6. The number of nitrogens with zero attached hydrogens (tertiary/aromatic N) is 4. The molecular formula is C22H26N4O2. The average Bonchev–Trinajstić information content (AvgIpc) is 3.18. The zero-order chi connectivity index (χ0) is 20.1. The summed E-state index contributed by atoms with van der Waals surface area (Å²) >= 11 is 0. The van der Waals surface area contributed by atoms with E-state index in [4.69, 9.17) is 0 Å². The lowest BCUT2D eigenvalue weighted by Crippen LogP contribution is -2.57. The van der Waals surface area contributed by atoms with Gasteiger partial charge in [-0.3, -0.25) is 9.59 Å². The van der Waals surface area contributed by atoms with E-state index >= 15 is 0 Å². The molecule has 0 aromatic heterocycles. The fourth-order valence-corrected chi connectivity index (χ4v) is 3.82. The van der Waals surface area contributed by atoms with Gasteiger partial charge in [0.25, 0.3) is 0 Å². The minimum atomic E-state index is -0.552. The van der Waals surface area contributed by atoms with E-state index in [1.807, 2.05) is 23.1 Å². The van der Waals surface area contributed by atoms with Gasteiger partial charge in [0.1, 0.15) is 23.9 Å². The molecule has 0 radical (unpaired) electrons. The van der Waals surface area contributed by atoms with Crippen molar-refractivity contribution in [1.29, 1.82) is 0 Å². The SMILES string of the molecule is CCCN1C2=NC=NC2=C(C(=O)C=O)N(CCC)C1C(C)=Cc1ccccc1. The first-order valence-electron chi connectivity index (χ1n) is 9.73. The number of allylic oxidation sites excluding steroid dienone is 1. The van der Waals surface area contributed by atoms with Crippen LogP contribution in [-0.4, -0.2) is 53.3 Å². The molecule has 2 aliphatic rings. The van der Waals surface area contributed by atoms with Gasteiger partial charge in [-0.15, -0.1) is 0 Å². The number of aliphatic imine (C=N–C) groups is 2. The minimum Gasteiger partial charge on any atom is -0.342 e. The summed E-state index contributed by atoms with van der Waals surface area (Å²) in [6.45, 7) is 7.66. The molecule has 1 unspecified atom stereocenters. The molecule has 1 aromatic rings. The Hall–Kier alpha value is -3.02. The van der Waals surface area contributed by atoms with Gasteiger partial charge in [-0.25, -0.2) is 9.98 Å². The number of ketones is 1. The van der Waals surface area contributed by atoms with Crippen molar-refractivity contribution in [2.75, 3.05) is 13.1 Å². The highest BCUT2D eigenvalue weighted by Gasteiger charge is 2.41. The number of rotatable bonds is 8. The standard InChI is InChI=1S/C22H26N4O2/c1-4-11-25-20(18(28)14-27)19-21(24-15-23-19)26(12-5-2)22(25)16(3)13-17-9-7-6-8-10-17/h6-10,13-15,22H,4-5,11-12H2,1-3H3. The first kappa shape index (κ1) is 19.7. The third kappa shape index (κ3) is 3.67. The lowest BCUT2D eigenvalue weighted by Gasteiger charge is -2.46. The molecule has 2 aliphatic heterocycles. The zero-order valence-electron chi connectivity index (χ0n) is 16.6. The van der Waals surface area contributed by atoms with Crippen LogP contribution in [0.1, 0.15) is 39.2 Å². The van der Waals surface area contributed by atoms with Gasteiger partial charge in [-0.1, -0.05) is 50.3 Å². The van der Waals surface area contributed by atoms with E-state index in [1.165, 1.54) is 6.34 Å². The second-order valence-corrected chi connectivity index (χ2v) is 6.94. The summed E-state index contributed by atoms with van der Waals surface area (Å²) in [5, 5.41) is 0. The molecule has 0 saturated carbocycles. The van der Waals surface area contributed by atoms with Crippen LogP contribution in [0.4, 0.5) is 0 Å². The molecule has 0 aliphatic carbocycles. The topological polar surface area (TPSA) is 65.3 Å². The molecule has 0 fully saturated rings. The van der Waals surface area contributed by atoms with Crippen LogP contribution < -0.4 is 0 Å². The highest BCUT2D eigenvalue weighted by Crippen LogP contribution is 2.33. The Labute approximate surface area is 166 Å². The molecule has 0 amide bonds. The summed E-state index contributed by atoms with van der Waals surface area (Å²) in [6.07, 6.45) is 5.54. The maximum Gasteiger partial charge on any atom is 0.243 e. The van der Waals surface area contributed by atoms with Gasteiger partial charge >= 0.3 is 0 Å². The Bertz CT molecular complexity index is 868. The van der Waals surface area contributed by atoms with Crippen molar-refractivity contribution in [2.45, 2.75) is 39.8 Å². The molecule has 2 heterocycles. The van der Waals surface area contributed by atoms with Crippen LogP contribution in [0.5, 0.6) is 0 Å². The molecule has 146 valence electrons. The van der Waals surface area contributed by atoms with Crippen LogP contribution in [-0.2, 0) is 9.59 Å². The van der Waals surface area contributed by atoms with Crippen LogP contribution in [0, 0.1) is 0 Å². The Morgan fingerprint density at radius 3 is 2.43 bits per heavy atom. The highest BCUT2D eigenvalue weighted by atomic mass is 16.2. The van der Waals surface area contributed by atoms with Gasteiger partial charge < -0.3 is 9.80 Å². The molecule has 28 heavy (non-hydrogen) atoms. The van der Waals surface area contributed by atoms with Crippen molar-refractivity contribution in [1.82, 2.24) is 9.80 Å². The van der Waals surface area contributed by atoms with Crippen LogP contribution in [0.2, 0.25) is 0 Å². The van der Waals surface area contributed by atoms with Gasteiger partial charge in [-0.2, -0.15) is 0 Å². The number of hydrogen-bond donors (Lipinski definition) is 0. The summed E-state index contributed by atoms with van der Waals surface area (Å²) in [4.78, 5) is 36.9. The largest absolute Gasteiger partial charge is 0.342 e. The van der Waals surface area contributed by atoms with E-state index < -0.39 is 5.78 Å². The molecule has 0 bridgehead atoms. The summed E-state index contributed by atoms with van der Waals surface area (Å²) in [6, 6.07) is 10.1. The van der Waals surface area contributed by atoms with E-state index in [9.17, 15) is 9.59 Å². The van der Waals surface area contributed by atoms with Crippen molar-refractivity contribution >= 4 is 30.3 Å². The molecule has 1 aromatic carbocycles. The summed E-state index contributed by atoms with van der Waals surface area (Å²) in [5.74, 6) is 0.120. The zero-order valence-corrected chi connectivity index (χ0v) is 16.6. The number of carbonyl (C=O) groups excluding carboxylic acids is 2. The molecule has 3 rings (SSSR count). The smallest absolute Gasteiger partial charge is 0.243 e. The Balaban J connectivity index is 2.15. The first-order valence-corrected chi connectivity index (χ1v) is 9.73. The van der Waals surface area contributed by atoms with E-state index in [2.05, 4.69) is 53.9 Å². The normalized spacial score (nSPS) is 19.0. The molecule has 1 atom stereocenters. The van der Waals surface area contributed by atoms with Crippen molar-refractivity contribution in [3.8, 4) is 0 Å². The number of aldehydes is 1. The van der Waals surface area contributed by atoms with E-state index in [-0.39, 0.29) is 6.17 Å². The van der Waals surface area contributed by atoms with Crippen molar-refractivity contribution < 1.29 is 9.59 Å². The number of carbonyl (C=O) groups is 2. The fourth-order valence-electron chi connectivity index (χ4n) is 3.82. The quantitative estimate of drug-likeness (QED) is 0.514. The monoisotopic (exact) mass is 378 g/mol. The van der Waals surface area contributed by atoms with Crippen molar-refractivity contribution in [3.63, 3.8) is 0 Å². The average molecular weight is 378 g/mol. The van der Waals surface area contributed by atoms with Crippen molar-refractivity contribution in [2.24, 2.45) is 9.98 Å². The number of fused-ring (bicyclic) bond motifs is 1. The Morgan fingerprint density at radius 2 is 1.79 bits per heavy atom. The summed E-state index contributed by atoms with van der Waals surface area (Å²) in [5.41, 5.74) is 3.03. The van der Waals surface area contributed by atoms with Crippen LogP contribution in [0.25, 0.3) is 6.08 Å². The van der Waals surface area contributed by atoms with E-state index in [0.29, 0.717) is 30.1 Å². The predicted molar refractivity (Wildman–Crippen MR) is 112 cm³/mol. The molecule has 6 heteroatoms. The third-order valence-electron chi connectivity index (χ3n) is 4.82. The molecule has 6 nitrogen and oxygen atoms in total. The predicted octanol–water partition coefficient (Wildman–Crippen LogP) is 3.27. The molecule has 0 spiro atoms. The van der Waals surface area contributed by atoms with Gasteiger partial charge in [0.15, 0.2) is 12.1 Å². The van der Waals surface area contributed by atoms with Gasteiger partial charge in [-0.05, 0) is 30.9 Å². The number of Topliss-reactive ketones (excluding diaryl/α,β-unsaturated/α-hetero) is 1. The second kappa shape index (κ2) is 8.78. The summed E-state index contributed by atoms with van der Waals surface area (Å²) in [7, 11) is 0. The third-order valence-corrected chi connectivity index (χ3v) is 4.82. The second-order valence-electron chi connectivity index (χ2n) is 6.94. The van der Waals surface area contributed by atoms with E-state index in [1.54, 1.807) is 0 Å². The van der Waals surface area contributed by atoms with Crippen LogP contribution in [0.15, 0.2) is 57.3 Å². The minimum absolute atomic E-state index is 0.191. The lowest BCUT2D eigenvalue weighted by atomic mass is 10.0. The first-order chi connectivity index (χ1) is 13.6. The van der Waals surface area contributed by atoms with Gasteiger partial charge in [0, 0.05) is 13.1 Å². The Morgan fingerprint density at radius 1 is 1.11 bits per heavy atom. The highest BCUT2D eigenvalue weighted by molar-refractivity contribution is 6.35. The summed E-state index contributed by atoms with van der Waals surface area (Å²) < 4.78 is 0. The molecule has 0 N–H and O–H groups in total. The maximum absolute atomic E-state index is 12.6. The Kier molecular flexibility index (Phi) is 6.19. The number of amidine groups is 1. The molecular weight excluding hydrogens is 352 g/mol. The maximum atomic E-state index is 12.6. The molecule has 0 saturated heterocycles. The van der Waals surface area contributed by atoms with Gasteiger partial charge in [0.2, 0.25) is 5.78 Å². The van der Waals surface area contributed by atoms with Crippen LogP contribution in [0.3, 0.4) is 0 Å². The van der Waals surface area contributed by atoms with E-state index in [0.717, 1.165) is 30.5 Å². The van der Waals surface area contributed by atoms with Crippen LogP contribution >= 0.6 is 0 Å². The lowest BCUT2D eigenvalue weighted by molar-refractivity contribution is -0.128.